The number of halogens is 5. The first-order valence-electron chi connectivity index (χ1n) is 10.8. The lowest BCUT2D eigenvalue weighted by Crippen LogP contribution is -2.42. The van der Waals surface area contributed by atoms with Gasteiger partial charge in [0, 0.05) is 27.6 Å². The first kappa shape index (κ1) is 27.3. The maximum atomic E-state index is 13.3. The minimum atomic E-state index is -1.24. The third kappa shape index (κ3) is 6.06. The molecule has 0 bridgehead atoms. The van der Waals surface area contributed by atoms with Gasteiger partial charge in [-0.2, -0.15) is 5.10 Å². The largest absolute Gasteiger partial charge is 0.480 e. The van der Waals surface area contributed by atoms with E-state index in [1.807, 2.05) is 0 Å². The summed E-state index contributed by atoms with van der Waals surface area (Å²) < 4.78 is 1.53. The zero-order chi connectivity index (χ0) is 26.9. The average molecular weight is 598 g/mol. The van der Waals surface area contributed by atoms with Gasteiger partial charge >= 0.3 is 5.97 Å². The standard InChI is InChI=1S/C26H18Cl5N3O3/c1-13-23(25(35)32-21(26(36)37)11-14-2-8-18(29)19(30)10-14)33-34(22-9-7-17(28)12-20(22)31)24(13)15-3-5-16(27)6-4-15/h2-10,12,21H,11H2,1H3,(H,32,35)(H,36,37). The summed E-state index contributed by atoms with van der Waals surface area (Å²) in [5, 5.41) is 18.8. The lowest BCUT2D eigenvalue weighted by atomic mass is 10.0. The maximum Gasteiger partial charge on any atom is 0.326 e. The third-order valence-corrected chi connectivity index (χ3v) is 7.15. The number of aliphatic carboxylic acids is 1. The van der Waals surface area contributed by atoms with Crippen molar-refractivity contribution in [3.63, 3.8) is 0 Å². The van der Waals surface area contributed by atoms with Crippen molar-refractivity contribution < 1.29 is 14.7 Å². The molecule has 0 spiro atoms. The Balaban J connectivity index is 1.74. The number of carbonyl (C=O) groups is 2. The summed E-state index contributed by atoms with van der Waals surface area (Å²) in [5.74, 6) is -1.88. The van der Waals surface area contributed by atoms with Crippen molar-refractivity contribution in [3.8, 4) is 16.9 Å². The van der Waals surface area contributed by atoms with Crippen LogP contribution in [0.2, 0.25) is 25.1 Å². The van der Waals surface area contributed by atoms with E-state index in [-0.39, 0.29) is 17.1 Å². The number of hydrogen-bond acceptors (Lipinski definition) is 3. The topological polar surface area (TPSA) is 84.2 Å². The Morgan fingerprint density at radius 2 is 1.57 bits per heavy atom. The predicted molar refractivity (Wildman–Crippen MR) is 148 cm³/mol. The quantitative estimate of drug-likeness (QED) is 0.231. The van der Waals surface area contributed by atoms with Crippen molar-refractivity contribution in [2.45, 2.75) is 19.4 Å². The highest BCUT2D eigenvalue weighted by atomic mass is 35.5. The molecule has 1 heterocycles. The van der Waals surface area contributed by atoms with Gasteiger partial charge in [0.15, 0.2) is 5.69 Å². The van der Waals surface area contributed by atoms with Crippen molar-refractivity contribution in [1.29, 1.82) is 0 Å². The molecule has 37 heavy (non-hydrogen) atoms. The van der Waals surface area contributed by atoms with Gasteiger partial charge in [0.2, 0.25) is 0 Å². The Hall–Kier alpha value is -2.74. The monoisotopic (exact) mass is 595 g/mol. The molecule has 190 valence electrons. The number of nitrogens with zero attached hydrogens (tertiary/aromatic N) is 2. The average Bonchev–Trinajstić information content (AvgIpc) is 3.18. The normalized spacial score (nSPS) is 11.8. The van der Waals surface area contributed by atoms with Gasteiger partial charge in [-0.3, -0.25) is 4.79 Å². The van der Waals surface area contributed by atoms with Crippen LogP contribution in [0.1, 0.15) is 21.6 Å². The smallest absolute Gasteiger partial charge is 0.326 e. The summed E-state index contributed by atoms with van der Waals surface area (Å²) in [7, 11) is 0. The second-order valence-corrected chi connectivity index (χ2v) is 10.2. The van der Waals surface area contributed by atoms with Crippen molar-refractivity contribution in [1.82, 2.24) is 15.1 Å². The van der Waals surface area contributed by atoms with Crippen LogP contribution in [0.25, 0.3) is 16.9 Å². The second kappa shape index (κ2) is 11.3. The van der Waals surface area contributed by atoms with E-state index in [9.17, 15) is 14.7 Å². The van der Waals surface area contributed by atoms with Crippen LogP contribution in [0.15, 0.2) is 60.7 Å². The van der Waals surface area contributed by atoms with Crippen LogP contribution in [0.5, 0.6) is 0 Å². The lowest BCUT2D eigenvalue weighted by Gasteiger charge is -2.14. The number of benzene rings is 3. The number of nitrogens with one attached hydrogen (secondary N) is 1. The minimum absolute atomic E-state index is 0.00915. The Morgan fingerprint density at radius 1 is 0.892 bits per heavy atom. The molecule has 2 N–H and O–H groups in total. The van der Waals surface area contributed by atoms with Crippen LogP contribution in [0.4, 0.5) is 0 Å². The SMILES string of the molecule is Cc1c(C(=O)NC(Cc2ccc(Cl)c(Cl)c2)C(=O)O)nn(-c2ccc(Cl)cc2Cl)c1-c1ccc(Cl)cc1. The van der Waals surface area contributed by atoms with E-state index in [1.165, 1.54) is 4.68 Å². The molecular formula is C26H18Cl5N3O3. The molecule has 0 radical (unpaired) electrons. The minimum Gasteiger partial charge on any atom is -0.480 e. The Morgan fingerprint density at radius 3 is 2.19 bits per heavy atom. The first-order valence-corrected chi connectivity index (χ1v) is 12.7. The predicted octanol–water partition coefficient (Wildman–Crippen LogP) is 7.54. The molecule has 0 aliphatic rings. The zero-order valence-electron chi connectivity index (χ0n) is 19.1. The van der Waals surface area contributed by atoms with Gasteiger partial charge in [-0.25, -0.2) is 9.48 Å². The summed E-state index contributed by atoms with van der Waals surface area (Å²) in [6.07, 6.45) is -0.00915. The van der Waals surface area contributed by atoms with Crippen LogP contribution in [-0.2, 0) is 11.2 Å². The van der Waals surface area contributed by atoms with Gasteiger partial charge in [0.05, 0.1) is 26.4 Å². The van der Waals surface area contributed by atoms with Gasteiger partial charge in [-0.1, -0.05) is 76.2 Å². The first-order chi connectivity index (χ1) is 17.5. The van der Waals surface area contributed by atoms with E-state index in [4.69, 9.17) is 58.0 Å². The molecule has 0 aliphatic carbocycles. The Kier molecular flexibility index (Phi) is 8.36. The fraction of sp³-hybridized carbons (Fsp3) is 0.115. The molecule has 1 atom stereocenters. The van der Waals surface area contributed by atoms with Gasteiger partial charge in [0.1, 0.15) is 6.04 Å². The van der Waals surface area contributed by atoms with Crippen molar-refractivity contribution in [2.75, 3.05) is 0 Å². The summed E-state index contributed by atoms with van der Waals surface area (Å²) in [4.78, 5) is 25.3. The molecule has 11 heteroatoms. The highest BCUT2D eigenvalue weighted by molar-refractivity contribution is 6.42. The number of carbonyl (C=O) groups excluding carboxylic acids is 1. The van der Waals surface area contributed by atoms with Crippen LogP contribution in [0.3, 0.4) is 0 Å². The van der Waals surface area contributed by atoms with Crippen molar-refractivity contribution in [2.24, 2.45) is 0 Å². The van der Waals surface area contributed by atoms with Crippen LogP contribution in [-0.4, -0.2) is 32.8 Å². The lowest BCUT2D eigenvalue weighted by molar-refractivity contribution is -0.139. The summed E-state index contributed by atoms with van der Waals surface area (Å²) >= 11 is 30.6. The highest BCUT2D eigenvalue weighted by Gasteiger charge is 2.27. The number of amides is 1. The fourth-order valence-electron chi connectivity index (χ4n) is 3.81. The van der Waals surface area contributed by atoms with E-state index < -0.39 is 17.9 Å². The Bertz CT molecular complexity index is 1500. The number of rotatable bonds is 7. The number of aromatic nitrogens is 2. The van der Waals surface area contributed by atoms with Crippen LogP contribution in [0, 0.1) is 6.92 Å². The van der Waals surface area contributed by atoms with E-state index in [1.54, 1.807) is 67.6 Å². The summed E-state index contributed by atoms with van der Waals surface area (Å²) in [5.41, 5.74) is 2.95. The van der Waals surface area contributed by atoms with Gasteiger partial charge in [-0.05, 0) is 55.0 Å². The molecule has 1 amide bonds. The van der Waals surface area contributed by atoms with E-state index in [0.29, 0.717) is 42.6 Å². The molecule has 4 rings (SSSR count). The fourth-order valence-corrected chi connectivity index (χ4v) is 4.75. The molecule has 0 saturated heterocycles. The van der Waals surface area contributed by atoms with E-state index in [0.717, 1.165) is 5.56 Å². The van der Waals surface area contributed by atoms with E-state index >= 15 is 0 Å². The summed E-state index contributed by atoms with van der Waals surface area (Å²) in [6.45, 7) is 1.72. The van der Waals surface area contributed by atoms with Gasteiger partial charge in [-0.15, -0.1) is 0 Å². The van der Waals surface area contributed by atoms with Crippen molar-refractivity contribution in [3.05, 3.63) is 103 Å². The third-order valence-electron chi connectivity index (χ3n) is 5.62. The molecule has 1 aromatic heterocycles. The zero-order valence-corrected chi connectivity index (χ0v) is 22.9. The summed E-state index contributed by atoms with van der Waals surface area (Å²) in [6, 6.07) is 15.5. The van der Waals surface area contributed by atoms with Crippen molar-refractivity contribution >= 4 is 69.9 Å². The van der Waals surface area contributed by atoms with Crippen LogP contribution < -0.4 is 5.32 Å². The highest BCUT2D eigenvalue weighted by Crippen LogP contribution is 2.33. The molecule has 1 unspecified atom stereocenters. The molecule has 3 aromatic carbocycles. The molecule has 0 aliphatic heterocycles. The molecular weight excluding hydrogens is 580 g/mol. The van der Waals surface area contributed by atoms with Gasteiger partial charge < -0.3 is 10.4 Å². The number of hydrogen-bond donors (Lipinski definition) is 2. The number of carboxylic acid groups (broad SMARTS) is 1. The Labute approximate surface area is 237 Å². The molecule has 4 aromatic rings. The van der Waals surface area contributed by atoms with E-state index in [2.05, 4.69) is 10.4 Å². The molecule has 0 saturated carbocycles. The second-order valence-electron chi connectivity index (χ2n) is 8.15. The van der Waals surface area contributed by atoms with Crippen LogP contribution >= 0.6 is 58.0 Å². The maximum absolute atomic E-state index is 13.3. The van der Waals surface area contributed by atoms with Gasteiger partial charge in [0.25, 0.3) is 5.91 Å². The number of carboxylic acids is 1. The molecule has 0 fully saturated rings. The molecule has 6 nitrogen and oxygen atoms in total.